The molecular weight excluding hydrogens is 384 g/mol. The van der Waals surface area contributed by atoms with E-state index in [1.165, 1.54) is 22.2 Å². The van der Waals surface area contributed by atoms with E-state index >= 15 is 0 Å². The lowest BCUT2D eigenvalue weighted by Crippen LogP contribution is -2.26. The molecule has 29 heavy (non-hydrogen) atoms. The van der Waals surface area contributed by atoms with Gasteiger partial charge in [0.15, 0.2) is 6.10 Å². The third-order valence-corrected chi connectivity index (χ3v) is 6.60. The van der Waals surface area contributed by atoms with Crippen LogP contribution in [0.5, 0.6) is 0 Å². The van der Waals surface area contributed by atoms with Gasteiger partial charge in [0.1, 0.15) is 11.4 Å². The summed E-state index contributed by atoms with van der Waals surface area (Å²) in [6, 6.07) is 15.9. The molecule has 0 amide bonds. The molecule has 0 atom stereocenters. The molecule has 4 aromatic rings. The molecule has 0 saturated carbocycles. The predicted molar refractivity (Wildman–Crippen MR) is 113 cm³/mol. The van der Waals surface area contributed by atoms with Crippen molar-refractivity contribution in [2.75, 3.05) is 0 Å². The molecule has 0 aliphatic heterocycles. The zero-order valence-electron chi connectivity index (χ0n) is 16.0. The van der Waals surface area contributed by atoms with E-state index < -0.39 is 12.1 Å². The average Bonchev–Trinajstić information content (AvgIpc) is 3.20. The Kier molecular flexibility index (Phi) is 4.10. The zero-order chi connectivity index (χ0) is 20.1. The summed E-state index contributed by atoms with van der Waals surface area (Å²) in [6.45, 7) is 3.71. The minimum atomic E-state index is -0.465. The maximum Gasteiger partial charge on any atom is 0.327 e. The first-order valence-corrected chi connectivity index (χ1v) is 10.2. The van der Waals surface area contributed by atoms with E-state index in [4.69, 9.17) is 4.74 Å². The summed E-state index contributed by atoms with van der Waals surface area (Å²) < 4.78 is 7.18. The van der Waals surface area contributed by atoms with Gasteiger partial charge in [0.25, 0.3) is 5.56 Å². The largest absolute Gasteiger partial charge is 0.451 e. The molecule has 0 bridgehead atoms. The molecule has 144 valence electrons. The van der Waals surface area contributed by atoms with Crippen LogP contribution in [0.25, 0.3) is 21.3 Å². The van der Waals surface area contributed by atoms with Gasteiger partial charge >= 0.3 is 5.97 Å². The highest BCUT2D eigenvalue weighted by molar-refractivity contribution is 7.18. The number of aromatic nitrogens is 2. The number of rotatable bonds is 3. The molecule has 0 fully saturated rings. The summed E-state index contributed by atoms with van der Waals surface area (Å²) in [7, 11) is 0. The Morgan fingerprint density at radius 3 is 2.34 bits per heavy atom. The van der Waals surface area contributed by atoms with E-state index in [-0.39, 0.29) is 12.1 Å². The monoisotopic (exact) mass is 402 g/mol. The second-order valence-electron chi connectivity index (χ2n) is 7.19. The molecule has 0 saturated heterocycles. The van der Waals surface area contributed by atoms with Gasteiger partial charge in [0.2, 0.25) is 0 Å². The first-order valence-electron chi connectivity index (χ1n) is 9.37. The summed E-state index contributed by atoms with van der Waals surface area (Å²) in [5.74, 6) is -0.464. The second kappa shape index (κ2) is 6.67. The first kappa shape index (κ1) is 17.8. The molecule has 0 N–H and O–H groups in total. The Labute approximate surface area is 171 Å². The lowest BCUT2D eigenvalue weighted by atomic mass is 10.1. The van der Waals surface area contributed by atoms with Crippen LogP contribution in [-0.2, 0) is 16.1 Å². The number of fused-ring (bicyclic) bond motifs is 4. The number of thiophene rings is 1. The van der Waals surface area contributed by atoms with E-state index in [0.717, 1.165) is 32.7 Å². The number of carbonyl (C=O) groups is 1. The van der Waals surface area contributed by atoms with Crippen LogP contribution in [0.15, 0.2) is 59.7 Å². The molecule has 0 radical (unpaired) electrons. The fourth-order valence-corrected chi connectivity index (χ4v) is 4.91. The number of aryl methyl sites for hydroxylation is 2. The Morgan fingerprint density at radius 2 is 1.69 bits per heavy atom. The van der Waals surface area contributed by atoms with Gasteiger partial charge in [-0.05, 0) is 30.5 Å². The molecule has 5 rings (SSSR count). The quantitative estimate of drug-likeness (QED) is 0.477. The van der Waals surface area contributed by atoms with Crippen LogP contribution < -0.4 is 5.56 Å². The van der Waals surface area contributed by atoms with Gasteiger partial charge in [-0.2, -0.15) is 0 Å². The maximum absolute atomic E-state index is 12.9. The van der Waals surface area contributed by atoms with Crippen molar-refractivity contribution in [3.05, 3.63) is 86.8 Å². The molecule has 6 heteroatoms. The standard InChI is InChI=1S/C23H18N2O3S/c1-13-14(2)29-22-20(13)23(27)25(12-24-22)11-19(26)28-21-17-9-5-3-7-15(17)16-8-4-6-10-18(16)21/h3-10,12,21H,11H2,1-2H3. The number of benzene rings is 2. The maximum atomic E-state index is 12.9. The van der Waals surface area contributed by atoms with Crippen molar-refractivity contribution < 1.29 is 9.53 Å². The van der Waals surface area contributed by atoms with Gasteiger partial charge in [-0.15, -0.1) is 11.3 Å². The average molecular weight is 402 g/mol. The zero-order valence-corrected chi connectivity index (χ0v) is 16.8. The van der Waals surface area contributed by atoms with E-state index in [2.05, 4.69) is 4.98 Å². The summed E-state index contributed by atoms with van der Waals surface area (Å²) in [4.78, 5) is 31.7. The SMILES string of the molecule is Cc1sc2ncn(CC(=O)OC3c4ccccc4-c4ccccc43)c(=O)c2c1C. The topological polar surface area (TPSA) is 61.2 Å². The highest BCUT2D eigenvalue weighted by Gasteiger charge is 2.31. The van der Waals surface area contributed by atoms with Crippen LogP contribution in [0.2, 0.25) is 0 Å². The third-order valence-electron chi connectivity index (χ3n) is 5.48. The van der Waals surface area contributed by atoms with Crippen LogP contribution in [0, 0.1) is 13.8 Å². The van der Waals surface area contributed by atoms with Crippen LogP contribution in [-0.4, -0.2) is 15.5 Å². The summed E-state index contributed by atoms with van der Waals surface area (Å²) in [6.07, 6.45) is 0.963. The predicted octanol–water partition coefficient (Wildman–Crippen LogP) is 4.39. The Bertz CT molecular complexity index is 1290. The molecular formula is C23H18N2O3S. The van der Waals surface area contributed by atoms with Crippen molar-refractivity contribution >= 4 is 27.5 Å². The minimum Gasteiger partial charge on any atom is -0.451 e. The van der Waals surface area contributed by atoms with Crippen molar-refractivity contribution in [3.8, 4) is 11.1 Å². The molecule has 5 nitrogen and oxygen atoms in total. The fourth-order valence-electron chi connectivity index (χ4n) is 3.93. The van der Waals surface area contributed by atoms with Gasteiger partial charge in [-0.25, -0.2) is 4.98 Å². The van der Waals surface area contributed by atoms with Crippen molar-refractivity contribution in [3.63, 3.8) is 0 Å². The molecule has 2 aromatic heterocycles. The van der Waals surface area contributed by atoms with Crippen LogP contribution in [0.3, 0.4) is 0 Å². The van der Waals surface area contributed by atoms with Crippen LogP contribution in [0.4, 0.5) is 0 Å². The lowest BCUT2D eigenvalue weighted by molar-refractivity contribution is -0.148. The van der Waals surface area contributed by atoms with Gasteiger partial charge in [0, 0.05) is 16.0 Å². The van der Waals surface area contributed by atoms with E-state index in [9.17, 15) is 9.59 Å². The second-order valence-corrected chi connectivity index (χ2v) is 8.39. The van der Waals surface area contributed by atoms with Gasteiger partial charge < -0.3 is 4.74 Å². The number of esters is 1. The van der Waals surface area contributed by atoms with Gasteiger partial charge in [-0.3, -0.25) is 14.2 Å². The number of hydrogen-bond donors (Lipinski definition) is 0. The normalized spacial score (nSPS) is 12.8. The van der Waals surface area contributed by atoms with Crippen LogP contribution >= 0.6 is 11.3 Å². The molecule has 1 aliphatic carbocycles. The summed E-state index contributed by atoms with van der Waals surface area (Å²) in [5.41, 5.74) is 4.79. The fraction of sp³-hybridized carbons (Fsp3) is 0.174. The Hall–Kier alpha value is -3.25. The third kappa shape index (κ3) is 2.79. The van der Waals surface area contributed by atoms with E-state index in [1.807, 2.05) is 62.4 Å². The number of carbonyl (C=O) groups excluding carboxylic acids is 1. The lowest BCUT2D eigenvalue weighted by Gasteiger charge is -2.15. The molecule has 1 aliphatic rings. The van der Waals surface area contributed by atoms with E-state index in [0.29, 0.717) is 10.2 Å². The molecule has 2 heterocycles. The first-order chi connectivity index (χ1) is 14.0. The van der Waals surface area contributed by atoms with Crippen LogP contribution in [0.1, 0.15) is 27.7 Å². The minimum absolute atomic E-state index is 0.170. The Balaban J connectivity index is 1.46. The van der Waals surface area contributed by atoms with Crippen molar-refractivity contribution in [2.24, 2.45) is 0 Å². The summed E-state index contributed by atoms with van der Waals surface area (Å²) >= 11 is 1.49. The molecule has 0 spiro atoms. The smallest absolute Gasteiger partial charge is 0.327 e. The van der Waals surface area contributed by atoms with E-state index in [1.54, 1.807) is 0 Å². The highest BCUT2D eigenvalue weighted by atomic mass is 32.1. The number of ether oxygens (including phenoxy) is 1. The number of hydrogen-bond acceptors (Lipinski definition) is 5. The Morgan fingerprint density at radius 1 is 1.07 bits per heavy atom. The van der Waals surface area contributed by atoms with Crippen molar-refractivity contribution in [1.82, 2.24) is 9.55 Å². The molecule has 2 aromatic carbocycles. The highest BCUT2D eigenvalue weighted by Crippen LogP contribution is 2.45. The number of nitrogens with zero attached hydrogens (tertiary/aromatic N) is 2. The summed E-state index contributed by atoms with van der Waals surface area (Å²) in [5, 5.41) is 0.583. The van der Waals surface area contributed by atoms with Gasteiger partial charge in [-0.1, -0.05) is 48.5 Å². The van der Waals surface area contributed by atoms with Crippen molar-refractivity contribution in [2.45, 2.75) is 26.5 Å². The molecule has 0 unspecified atom stereocenters. The van der Waals surface area contributed by atoms with Gasteiger partial charge in [0.05, 0.1) is 11.7 Å². The van der Waals surface area contributed by atoms with Crippen molar-refractivity contribution in [1.29, 1.82) is 0 Å².